The molecule has 1 aromatic rings. The van der Waals surface area contributed by atoms with Crippen LogP contribution in [0.25, 0.3) is 6.08 Å². The largest absolute Gasteiger partial charge is 0.327 e. The topological polar surface area (TPSA) is 56.6 Å². The molecule has 0 aliphatic carbocycles. The molecule has 0 bridgehead atoms. The highest BCUT2D eigenvalue weighted by Crippen LogP contribution is 2.06. The minimum absolute atomic E-state index is 0.210. The van der Waals surface area contributed by atoms with Crippen molar-refractivity contribution < 1.29 is 0 Å². The number of pyridine rings is 1. The van der Waals surface area contributed by atoms with E-state index in [-0.39, 0.29) is 12.0 Å². The molecular weight excluding hydrogens is 188 g/mol. The number of hydrogen-bond acceptors (Lipinski definition) is 2. The first-order valence-corrected chi connectivity index (χ1v) is 4.03. The van der Waals surface area contributed by atoms with E-state index >= 15 is 0 Å². The number of aromatic nitrogens is 1. The molecule has 0 atom stereocenters. The van der Waals surface area contributed by atoms with Gasteiger partial charge in [0.05, 0.1) is 17.5 Å². The fourth-order valence-electron chi connectivity index (χ4n) is 0.836. The van der Waals surface area contributed by atoms with Crippen molar-refractivity contribution in [3.05, 3.63) is 39.3 Å². The van der Waals surface area contributed by atoms with Gasteiger partial charge in [-0.3, -0.25) is 4.79 Å². The average Bonchev–Trinajstić information content (AvgIpc) is 2.11. The van der Waals surface area contributed by atoms with Gasteiger partial charge in [-0.25, -0.2) is 0 Å². The third-order valence-electron chi connectivity index (χ3n) is 1.40. The first-order chi connectivity index (χ1) is 6.24. The van der Waals surface area contributed by atoms with Crippen molar-refractivity contribution in [2.45, 2.75) is 6.42 Å². The number of halogens is 1. The summed E-state index contributed by atoms with van der Waals surface area (Å²) >= 11 is 5.66. The molecule has 0 fully saturated rings. The summed E-state index contributed by atoms with van der Waals surface area (Å²) in [7, 11) is 0. The van der Waals surface area contributed by atoms with Crippen molar-refractivity contribution in [1.82, 2.24) is 4.98 Å². The molecule has 0 radical (unpaired) electrons. The molecule has 0 saturated carbocycles. The Morgan fingerprint density at radius 1 is 1.69 bits per heavy atom. The summed E-state index contributed by atoms with van der Waals surface area (Å²) in [6.07, 6.45) is 4.90. The monoisotopic (exact) mass is 194 g/mol. The van der Waals surface area contributed by atoms with Crippen LogP contribution in [-0.2, 0) is 0 Å². The van der Waals surface area contributed by atoms with Gasteiger partial charge in [-0.15, -0.1) is 0 Å². The van der Waals surface area contributed by atoms with E-state index in [0.717, 1.165) is 0 Å². The Morgan fingerprint density at radius 3 is 3.15 bits per heavy atom. The molecule has 0 aliphatic rings. The molecule has 0 aromatic carbocycles. The van der Waals surface area contributed by atoms with Gasteiger partial charge in [0.1, 0.15) is 0 Å². The van der Waals surface area contributed by atoms with Gasteiger partial charge in [0.2, 0.25) is 0 Å². The highest BCUT2D eigenvalue weighted by atomic mass is 35.5. The molecule has 0 saturated heterocycles. The number of nitrogens with one attached hydrogen (secondary N) is 1. The van der Waals surface area contributed by atoms with Crippen LogP contribution in [0.5, 0.6) is 0 Å². The maximum absolute atomic E-state index is 11.1. The van der Waals surface area contributed by atoms with Gasteiger partial charge in [0.25, 0.3) is 5.56 Å². The molecule has 0 unspecified atom stereocenters. The SMILES string of the molecule is N#CCC=Cc1cc(Cl)c[nH]c1=O. The van der Waals surface area contributed by atoms with Crippen LogP contribution in [0.4, 0.5) is 0 Å². The zero-order valence-electron chi connectivity index (χ0n) is 6.75. The predicted molar refractivity (Wildman–Crippen MR) is 51.3 cm³/mol. The van der Waals surface area contributed by atoms with Crippen LogP contribution in [0.2, 0.25) is 5.02 Å². The van der Waals surface area contributed by atoms with E-state index in [2.05, 4.69) is 4.98 Å². The molecule has 0 amide bonds. The van der Waals surface area contributed by atoms with E-state index in [1.807, 2.05) is 6.07 Å². The van der Waals surface area contributed by atoms with Gasteiger partial charge in [-0.1, -0.05) is 23.8 Å². The molecule has 66 valence electrons. The first-order valence-electron chi connectivity index (χ1n) is 3.66. The van der Waals surface area contributed by atoms with Crippen LogP contribution in [0.15, 0.2) is 23.1 Å². The number of aromatic amines is 1. The van der Waals surface area contributed by atoms with Crippen molar-refractivity contribution in [3.8, 4) is 6.07 Å². The van der Waals surface area contributed by atoms with Gasteiger partial charge >= 0.3 is 0 Å². The Kier molecular flexibility index (Phi) is 3.30. The van der Waals surface area contributed by atoms with Gasteiger partial charge in [-0.2, -0.15) is 5.26 Å². The number of rotatable bonds is 2. The fourth-order valence-corrected chi connectivity index (χ4v) is 1.01. The second-order valence-electron chi connectivity index (χ2n) is 2.37. The van der Waals surface area contributed by atoms with Crippen molar-refractivity contribution >= 4 is 17.7 Å². The Morgan fingerprint density at radius 2 is 2.46 bits per heavy atom. The normalized spacial score (nSPS) is 10.2. The smallest absolute Gasteiger partial charge is 0.255 e. The zero-order valence-corrected chi connectivity index (χ0v) is 7.51. The zero-order chi connectivity index (χ0) is 9.68. The highest BCUT2D eigenvalue weighted by Gasteiger charge is 1.94. The molecule has 1 aromatic heterocycles. The summed E-state index contributed by atoms with van der Waals surface area (Å²) in [4.78, 5) is 13.6. The van der Waals surface area contributed by atoms with E-state index in [1.165, 1.54) is 6.20 Å². The standard InChI is InChI=1S/C9H7ClN2O/c10-8-5-7(3-1-2-4-11)9(13)12-6-8/h1,3,5-6H,2H2,(H,12,13). The summed E-state index contributed by atoms with van der Waals surface area (Å²) in [6, 6.07) is 3.49. The second-order valence-corrected chi connectivity index (χ2v) is 2.80. The van der Waals surface area contributed by atoms with Crippen LogP contribution in [0.3, 0.4) is 0 Å². The Balaban J connectivity index is 2.95. The van der Waals surface area contributed by atoms with Crippen LogP contribution >= 0.6 is 11.6 Å². The van der Waals surface area contributed by atoms with E-state index < -0.39 is 0 Å². The maximum atomic E-state index is 11.1. The Labute approximate surface area is 80.3 Å². The van der Waals surface area contributed by atoms with E-state index in [0.29, 0.717) is 10.6 Å². The molecule has 3 nitrogen and oxygen atoms in total. The average molecular weight is 195 g/mol. The lowest BCUT2D eigenvalue weighted by atomic mass is 10.2. The van der Waals surface area contributed by atoms with Crippen molar-refractivity contribution in [1.29, 1.82) is 5.26 Å². The number of hydrogen-bond donors (Lipinski definition) is 1. The summed E-state index contributed by atoms with van der Waals surface area (Å²) < 4.78 is 0. The highest BCUT2D eigenvalue weighted by molar-refractivity contribution is 6.30. The number of nitriles is 1. The molecule has 1 heterocycles. The predicted octanol–water partition coefficient (Wildman–Crippen LogP) is 1.96. The van der Waals surface area contributed by atoms with E-state index in [1.54, 1.807) is 18.2 Å². The number of H-pyrrole nitrogens is 1. The Bertz CT molecular complexity index is 414. The lowest BCUT2D eigenvalue weighted by Crippen LogP contribution is -2.07. The third-order valence-corrected chi connectivity index (χ3v) is 1.62. The van der Waals surface area contributed by atoms with E-state index in [4.69, 9.17) is 16.9 Å². The summed E-state index contributed by atoms with van der Waals surface area (Å²) in [5, 5.41) is 8.72. The van der Waals surface area contributed by atoms with Gasteiger partial charge in [-0.05, 0) is 6.07 Å². The molecule has 1 N–H and O–H groups in total. The summed E-state index contributed by atoms with van der Waals surface area (Å²) in [5.41, 5.74) is 0.251. The maximum Gasteiger partial charge on any atom is 0.255 e. The summed E-state index contributed by atoms with van der Waals surface area (Å²) in [5.74, 6) is 0. The lowest BCUT2D eigenvalue weighted by Gasteiger charge is -1.92. The molecule has 1 rings (SSSR count). The third kappa shape index (κ3) is 2.77. The molecular formula is C9H7ClN2O. The van der Waals surface area contributed by atoms with Gasteiger partial charge in [0.15, 0.2) is 0 Å². The fraction of sp³-hybridized carbons (Fsp3) is 0.111. The molecule has 13 heavy (non-hydrogen) atoms. The van der Waals surface area contributed by atoms with Crippen molar-refractivity contribution in [2.24, 2.45) is 0 Å². The van der Waals surface area contributed by atoms with Crippen LogP contribution in [0.1, 0.15) is 12.0 Å². The van der Waals surface area contributed by atoms with E-state index in [9.17, 15) is 4.79 Å². The summed E-state index contributed by atoms with van der Waals surface area (Å²) in [6.45, 7) is 0. The van der Waals surface area contributed by atoms with Crippen LogP contribution in [-0.4, -0.2) is 4.98 Å². The quantitative estimate of drug-likeness (QED) is 0.783. The second kappa shape index (κ2) is 4.48. The van der Waals surface area contributed by atoms with Crippen molar-refractivity contribution in [3.63, 3.8) is 0 Å². The molecule has 0 spiro atoms. The van der Waals surface area contributed by atoms with Crippen LogP contribution in [0, 0.1) is 11.3 Å². The van der Waals surface area contributed by atoms with Gasteiger partial charge in [0, 0.05) is 11.8 Å². The van der Waals surface area contributed by atoms with Crippen LogP contribution < -0.4 is 5.56 Å². The number of allylic oxidation sites excluding steroid dienone is 1. The van der Waals surface area contributed by atoms with Crippen molar-refractivity contribution in [2.75, 3.05) is 0 Å². The number of nitrogens with zero attached hydrogens (tertiary/aromatic N) is 1. The molecule has 0 aliphatic heterocycles. The first kappa shape index (κ1) is 9.56. The Hall–Kier alpha value is -1.53. The molecule has 4 heteroatoms. The minimum atomic E-state index is -0.210. The minimum Gasteiger partial charge on any atom is -0.327 e. The van der Waals surface area contributed by atoms with Gasteiger partial charge < -0.3 is 4.98 Å². The lowest BCUT2D eigenvalue weighted by molar-refractivity contribution is 1.22.